The highest BCUT2D eigenvalue weighted by Gasteiger charge is 2.32. The zero-order chi connectivity index (χ0) is 15.8. The van der Waals surface area contributed by atoms with Gasteiger partial charge in [0.1, 0.15) is 18.0 Å². The van der Waals surface area contributed by atoms with Gasteiger partial charge in [-0.25, -0.2) is 4.39 Å². The standard InChI is InChI=1S/C17H19FN4O/c18-15-4-2-1-3-14(15)17(23)21-9-7-13(8-10-21)22-11-19-20-16(22)12-5-6-12/h1-4,11-13H,5-10H2. The van der Waals surface area contributed by atoms with Crippen molar-refractivity contribution in [2.75, 3.05) is 13.1 Å². The first-order valence-corrected chi connectivity index (χ1v) is 8.17. The zero-order valence-electron chi connectivity index (χ0n) is 12.9. The fourth-order valence-corrected chi connectivity index (χ4v) is 3.32. The Labute approximate surface area is 134 Å². The molecule has 1 aliphatic heterocycles. The number of nitrogens with zero attached hydrogens (tertiary/aromatic N) is 4. The van der Waals surface area contributed by atoms with E-state index in [1.807, 2.05) is 6.33 Å². The summed E-state index contributed by atoms with van der Waals surface area (Å²) in [6.07, 6.45) is 5.93. The highest BCUT2D eigenvalue weighted by molar-refractivity contribution is 5.94. The lowest BCUT2D eigenvalue weighted by atomic mass is 10.0. The Morgan fingerprint density at radius 2 is 1.87 bits per heavy atom. The lowest BCUT2D eigenvalue weighted by Gasteiger charge is -2.33. The summed E-state index contributed by atoms with van der Waals surface area (Å²) in [5.74, 6) is 0.988. The van der Waals surface area contributed by atoms with Crippen molar-refractivity contribution in [2.24, 2.45) is 0 Å². The Hall–Kier alpha value is -2.24. The summed E-state index contributed by atoms with van der Waals surface area (Å²) in [4.78, 5) is 14.2. The SMILES string of the molecule is O=C(c1ccccc1F)N1CCC(n2cnnc2C2CC2)CC1. The minimum atomic E-state index is -0.450. The van der Waals surface area contributed by atoms with Crippen molar-refractivity contribution < 1.29 is 9.18 Å². The lowest BCUT2D eigenvalue weighted by molar-refractivity contribution is 0.0689. The van der Waals surface area contributed by atoms with Gasteiger partial charge in [-0.1, -0.05) is 12.1 Å². The van der Waals surface area contributed by atoms with E-state index in [-0.39, 0.29) is 11.5 Å². The molecule has 5 nitrogen and oxygen atoms in total. The molecular formula is C17H19FN4O. The van der Waals surface area contributed by atoms with Gasteiger partial charge in [-0.3, -0.25) is 4.79 Å². The van der Waals surface area contributed by atoms with Crippen molar-refractivity contribution in [1.29, 1.82) is 0 Å². The first kappa shape index (κ1) is 14.4. The van der Waals surface area contributed by atoms with Gasteiger partial charge >= 0.3 is 0 Å². The number of hydrogen-bond acceptors (Lipinski definition) is 3. The topological polar surface area (TPSA) is 51.0 Å². The highest BCUT2D eigenvalue weighted by atomic mass is 19.1. The monoisotopic (exact) mass is 314 g/mol. The van der Waals surface area contributed by atoms with Crippen LogP contribution in [0.15, 0.2) is 30.6 Å². The van der Waals surface area contributed by atoms with Crippen molar-refractivity contribution in [2.45, 2.75) is 37.6 Å². The minimum Gasteiger partial charge on any atom is -0.338 e. The van der Waals surface area contributed by atoms with Gasteiger partial charge < -0.3 is 9.47 Å². The van der Waals surface area contributed by atoms with Crippen LogP contribution >= 0.6 is 0 Å². The van der Waals surface area contributed by atoms with Crippen LogP contribution in [0, 0.1) is 5.82 Å². The third kappa shape index (κ3) is 2.73. The van der Waals surface area contributed by atoms with E-state index in [1.54, 1.807) is 23.1 Å². The molecule has 0 bridgehead atoms. The van der Waals surface area contributed by atoms with Gasteiger partial charge in [-0.2, -0.15) is 0 Å². The van der Waals surface area contributed by atoms with Crippen molar-refractivity contribution in [1.82, 2.24) is 19.7 Å². The summed E-state index contributed by atoms with van der Waals surface area (Å²) in [7, 11) is 0. The molecule has 0 unspecified atom stereocenters. The Bertz CT molecular complexity index is 717. The average Bonchev–Trinajstić information content (AvgIpc) is 3.32. The lowest BCUT2D eigenvalue weighted by Crippen LogP contribution is -2.39. The molecule has 0 N–H and O–H groups in total. The zero-order valence-corrected chi connectivity index (χ0v) is 12.9. The number of piperidine rings is 1. The molecule has 6 heteroatoms. The number of amides is 1. The number of carbonyl (C=O) groups is 1. The van der Waals surface area contributed by atoms with Crippen LogP contribution < -0.4 is 0 Å². The molecular weight excluding hydrogens is 295 g/mol. The number of carbonyl (C=O) groups excluding carboxylic acids is 1. The van der Waals surface area contributed by atoms with E-state index in [2.05, 4.69) is 14.8 Å². The summed E-state index contributed by atoms with van der Waals surface area (Å²) in [6.45, 7) is 1.28. The molecule has 0 atom stereocenters. The van der Waals surface area contributed by atoms with E-state index in [9.17, 15) is 9.18 Å². The molecule has 2 aromatic rings. The number of benzene rings is 1. The fourth-order valence-electron chi connectivity index (χ4n) is 3.32. The van der Waals surface area contributed by atoms with Crippen LogP contribution in [0.4, 0.5) is 4.39 Å². The van der Waals surface area contributed by atoms with Gasteiger partial charge in [-0.05, 0) is 37.8 Å². The molecule has 2 heterocycles. The van der Waals surface area contributed by atoms with Crippen molar-refractivity contribution in [3.63, 3.8) is 0 Å². The summed E-state index contributed by atoms with van der Waals surface area (Å²) in [6, 6.07) is 6.52. The van der Waals surface area contributed by atoms with E-state index in [1.165, 1.54) is 18.9 Å². The van der Waals surface area contributed by atoms with Crippen molar-refractivity contribution in [3.05, 3.63) is 47.8 Å². The predicted octanol–water partition coefficient (Wildman–Crippen LogP) is 2.77. The van der Waals surface area contributed by atoms with Crippen LogP contribution in [0.5, 0.6) is 0 Å². The van der Waals surface area contributed by atoms with Gasteiger partial charge in [0.2, 0.25) is 0 Å². The molecule has 0 radical (unpaired) electrons. The molecule has 0 spiro atoms. The molecule has 2 aliphatic rings. The van der Waals surface area contributed by atoms with Gasteiger partial charge in [0.05, 0.1) is 5.56 Å². The van der Waals surface area contributed by atoms with Crippen LogP contribution in [0.25, 0.3) is 0 Å². The molecule has 1 saturated carbocycles. The second-order valence-corrected chi connectivity index (χ2v) is 6.37. The molecule has 23 heavy (non-hydrogen) atoms. The molecule has 1 aliphatic carbocycles. The van der Waals surface area contributed by atoms with Crippen LogP contribution in [0.3, 0.4) is 0 Å². The number of halogens is 1. The Kier molecular flexibility index (Phi) is 3.59. The molecule has 1 aromatic heterocycles. The van der Waals surface area contributed by atoms with E-state index >= 15 is 0 Å². The van der Waals surface area contributed by atoms with Crippen LogP contribution in [0.1, 0.15) is 53.8 Å². The maximum atomic E-state index is 13.8. The molecule has 4 rings (SSSR count). The minimum absolute atomic E-state index is 0.161. The van der Waals surface area contributed by atoms with Gasteiger partial charge in [0.15, 0.2) is 0 Å². The van der Waals surface area contributed by atoms with Crippen molar-refractivity contribution >= 4 is 5.91 Å². The van der Waals surface area contributed by atoms with Crippen LogP contribution in [0.2, 0.25) is 0 Å². The predicted molar refractivity (Wildman–Crippen MR) is 82.6 cm³/mol. The Morgan fingerprint density at radius 3 is 2.57 bits per heavy atom. The Balaban J connectivity index is 1.44. The number of aromatic nitrogens is 3. The quantitative estimate of drug-likeness (QED) is 0.875. The third-order valence-electron chi connectivity index (χ3n) is 4.79. The average molecular weight is 314 g/mol. The van der Waals surface area contributed by atoms with E-state index < -0.39 is 5.82 Å². The van der Waals surface area contributed by atoms with Crippen molar-refractivity contribution in [3.8, 4) is 0 Å². The van der Waals surface area contributed by atoms with Gasteiger partial charge in [-0.15, -0.1) is 10.2 Å². The van der Waals surface area contributed by atoms with Crippen LogP contribution in [-0.2, 0) is 0 Å². The van der Waals surface area contributed by atoms with Gasteiger partial charge in [0, 0.05) is 25.0 Å². The Morgan fingerprint density at radius 1 is 1.13 bits per heavy atom. The van der Waals surface area contributed by atoms with E-state index in [0.29, 0.717) is 25.0 Å². The second-order valence-electron chi connectivity index (χ2n) is 6.37. The smallest absolute Gasteiger partial charge is 0.256 e. The number of likely N-dealkylation sites (tertiary alicyclic amines) is 1. The third-order valence-corrected chi connectivity index (χ3v) is 4.79. The normalized spacial score (nSPS) is 19.1. The highest BCUT2D eigenvalue weighted by Crippen LogP contribution is 2.40. The van der Waals surface area contributed by atoms with Gasteiger partial charge in [0.25, 0.3) is 5.91 Å². The van der Waals surface area contributed by atoms with E-state index in [0.717, 1.165) is 18.7 Å². The second kappa shape index (κ2) is 5.76. The number of rotatable bonds is 3. The molecule has 120 valence electrons. The van der Waals surface area contributed by atoms with Crippen LogP contribution in [-0.4, -0.2) is 38.7 Å². The molecule has 1 aromatic carbocycles. The first-order chi connectivity index (χ1) is 11.2. The summed E-state index contributed by atoms with van der Waals surface area (Å²) < 4.78 is 16.0. The summed E-state index contributed by atoms with van der Waals surface area (Å²) in [5, 5.41) is 8.30. The molecule has 1 saturated heterocycles. The molecule has 1 amide bonds. The largest absolute Gasteiger partial charge is 0.338 e. The number of hydrogen-bond donors (Lipinski definition) is 0. The van der Waals surface area contributed by atoms with E-state index in [4.69, 9.17) is 0 Å². The summed E-state index contributed by atoms with van der Waals surface area (Å²) >= 11 is 0. The first-order valence-electron chi connectivity index (χ1n) is 8.17. The molecule has 2 fully saturated rings. The summed E-state index contributed by atoms with van der Waals surface area (Å²) in [5.41, 5.74) is 0.161. The fraction of sp³-hybridized carbons (Fsp3) is 0.471. The maximum Gasteiger partial charge on any atom is 0.256 e. The maximum absolute atomic E-state index is 13.8.